The predicted octanol–water partition coefficient (Wildman–Crippen LogP) is 1.30. The molecule has 0 saturated carbocycles. The molecule has 1 nitrogen and oxygen atoms in total. The summed E-state index contributed by atoms with van der Waals surface area (Å²) in [5.74, 6) is 0.541. The van der Waals surface area contributed by atoms with E-state index >= 15 is 0 Å². The molecule has 0 radical (unpaired) electrons. The predicted molar refractivity (Wildman–Crippen MR) is 36.2 cm³/mol. The second kappa shape index (κ2) is 2.65. The van der Waals surface area contributed by atoms with E-state index in [4.69, 9.17) is 0 Å². The summed E-state index contributed by atoms with van der Waals surface area (Å²) in [6, 6.07) is 0. The molecule has 0 N–H and O–H groups in total. The van der Waals surface area contributed by atoms with Crippen LogP contribution >= 0.6 is 0 Å². The molecular formula is C7H14FN. The third-order valence-electron chi connectivity index (χ3n) is 1.79. The molecule has 0 spiro atoms. The van der Waals surface area contributed by atoms with Crippen LogP contribution < -0.4 is 0 Å². The number of alkyl halides is 1. The Kier molecular flexibility index (Phi) is 2.06. The second-order valence-corrected chi connectivity index (χ2v) is 3.16. The first-order chi connectivity index (χ1) is 4.18. The molecule has 0 aromatic rings. The van der Waals surface area contributed by atoms with Crippen LogP contribution in [-0.4, -0.2) is 31.2 Å². The molecule has 2 heteroatoms. The van der Waals surface area contributed by atoms with Gasteiger partial charge in [-0.15, -0.1) is 0 Å². The number of halogens is 1. The zero-order valence-corrected chi connectivity index (χ0v) is 6.10. The van der Waals surface area contributed by atoms with E-state index in [1.165, 1.54) is 0 Å². The van der Waals surface area contributed by atoms with Crippen molar-refractivity contribution in [3.8, 4) is 0 Å². The second-order valence-electron chi connectivity index (χ2n) is 3.16. The summed E-state index contributed by atoms with van der Waals surface area (Å²) in [4.78, 5) is 2.05. The molecule has 1 aliphatic heterocycles. The standard InChI is InChI=1S/C7H14FN/c1-6-3-7(8)5-9(2)4-6/h6-7H,3-5H2,1-2H3/t6-,7?/m1/s1. The van der Waals surface area contributed by atoms with Crippen LogP contribution in [0.3, 0.4) is 0 Å². The maximum absolute atomic E-state index is 12.6. The van der Waals surface area contributed by atoms with E-state index in [-0.39, 0.29) is 0 Å². The van der Waals surface area contributed by atoms with Crippen molar-refractivity contribution in [3.05, 3.63) is 0 Å². The molecule has 0 aromatic carbocycles. The smallest absolute Gasteiger partial charge is 0.113 e. The van der Waals surface area contributed by atoms with Gasteiger partial charge in [0.2, 0.25) is 0 Å². The molecule has 0 aliphatic carbocycles. The highest BCUT2D eigenvalue weighted by Crippen LogP contribution is 2.16. The van der Waals surface area contributed by atoms with Gasteiger partial charge in [0.05, 0.1) is 0 Å². The van der Waals surface area contributed by atoms with Crippen LogP contribution in [-0.2, 0) is 0 Å². The first kappa shape index (κ1) is 7.00. The fourth-order valence-electron chi connectivity index (χ4n) is 1.53. The van der Waals surface area contributed by atoms with Crippen LogP contribution in [0.1, 0.15) is 13.3 Å². The van der Waals surface area contributed by atoms with E-state index in [1.807, 2.05) is 7.05 Å². The average Bonchev–Trinajstić information content (AvgIpc) is 1.59. The third-order valence-corrected chi connectivity index (χ3v) is 1.79. The lowest BCUT2D eigenvalue weighted by Gasteiger charge is -2.29. The van der Waals surface area contributed by atoms with Gasteiger partial charge in [0.15, 0.2) is 0 Å². The van der Waals surface area contributed by atoms with Crippen LogP contribution in [0.2, 0.25) is 0 Å². The highest BCUT2D eigenvalue weighted by atomic mass is 19.1. The van der Waals surface area contributed by atoms with Crippen molar-refractivity contribution in [1.29, 1.82) is 0 Å². The molecule has 0 bridgehead atoms. The molecule has 0 amide bonds. The summed E-state index contributed by atoms with van der Waals surface area (Å²) in [5.41, 5.74) is 0. The van der Waals surface area contributed by atoms with Gasteiger partial charge < -0.3 is 4.90 Å². The molecular weight excluding hydrogens is 117 g/mol. The summed E-state index contributed by atoms with van der Waals surface area (Å²) in [5, 5.41) is 0. The van der Waals surface area contributed by atoms with E-state index in [0.29, 0.717) is 12.5 Å². The van der Waals surface area contributed by atoms with Crippen LogP contribution in [0.15, 0.2) is 0 Å². The fraction of sp³-hybridized carbons (Fsp3) is 1.00. The third kappa shape index (κ3) is 1.94. The highest BCUT2D eigenvalue weighted by Gasteiger charge is 2.20. The maximum Gasteiger partial charge on any atom is 0.113 e. The van der Waals surface area contributed by atoms with Crippen molar-refractivity contribution >= 4 is 0 Å². The van der Waals surface area contributed by atoms with Crippen molar-refractivity contribution in [3.63, 3.8) is 0 Å². The first-order valence-electron chi connectivity index (χ1n) is 3.51. The monoisotopic (exact) mass is 131 g/mol. The largest absolute Gasteiger partial charge is 0.303 e. The quantitative estimate of drug-likeness (QED) is 0.479. The topological polar surface area (TPSA) is 3.24 Å². The molecule has 1 saturated heterocycles. The highest BCUT2D eigenvalue weighted by molar-refractivity contribution is 4.73. The molecule has 0 aromatic heterocycles. The van der Waals surface area contributed by atoms with Crippen molar-refractivity contribution in [1.82, 2.24) is 4.90 Å². The van der Waals surface area contributed by atoms with Gasteiger partial charge in [-0.1, -0.05) is 6.92 Å². The van der Waals surface area contributed by atoms with E-state index in [0.717, 1.165) is 13.0 Å². The molecule has 1 rings (SSSR count). The minimum atomic E-state index is -0.584. The Balaban J connectivity index is 2.34. The van der Waals surface area contributed by atoms with Gasteiger partial charge in [-0.3, -0.25) is 0 Å². The van der Waals surface area contributed by atoms with Gasteiger partial charge in [-0.05, 0) is 19.4 Å². The molecule has 1 heterocycles. The number of hydrogen-bond donors (Lipinski definition) is 0. The lowest BCUT2D eigenvalue weighted by atomic mass is 10.00. The van der Waals surface area contributed by atoms with Gasteiger partial charge in [0.1, 0.15) is 6.17 Å². The summed E-state index contributed by atoms with van der Waals surface area (Å²) < 4.78 is 12.6. The van der Waals surface area contributed by atoms with Crippen molar-refractivity contribution < 1.29 is 4.39 Å². The number of piperidine rings is 1. The molecule has 2 atom stereocenters. The number of nitrogens with zero attached hydrogens (tertiary/aromatic N) is 1. The summed E-state index contributed by atoms with van der Waals surface area (Å²) >= 11 is 0. The summed E-state index contributed by atoms with van der Waals surface area (Å²) in [6.07, 6.45) is 0.170. The Labute approximate surface area is 55.8 Å². The molecule has 1 fully saturated rings. The van der Waals surface area contributed by atoms with E-state index < -0.39 is 6.17 Å². The van der Waals surface area contributed by atoms with Gasteiger partial charge in [-0.2, -0.15) is 0 Å². The Bertz CT molecular complexity index is 69.9. The van der Waals surface area contributed by atoms with Crippen LogP contribution in [0, 0.1) is 5.92 Å². The number of likely N-dealkylation sites (tertiary alicyclic amines) is 1. The Morgan fingerprint density at radius 3 is 2.56 bits per heavy atom. The zero-order chi connectivity index (χ0) is 6.85. The van der Waals surface area contributed by atoms with E-state index in [9.17, 15) is 4.39 Å². The lowest BCUT2D eigenvalue weighted by Crippen LogP contribution is -2.37. The molecule has 1 aliphatic rings. The zero-order valence-electron chi connectivity index (χ0n) is 6.10. The van der Waals surface area contributed by atoms with Gasteiger partial charge in [0, 0.05) is 13.1 Å². The Hall–Kier alpha value is -0.110. The van der Waals surface area contributed by atoms with Crippen LogP contribution in [0.25, 0.3) is 0 Å². The Morgan fingerprint density at radius 1 is 1.44 bits per heavy atom. The van der Waals surface area contributed by atoms with Crippen LogP contribution in [0.5, 0.6) is 0 Å². The summed E-state index contributed by atoms with van der Waals surface area (Å²) in [6.45, 7) is 3.78. The van der Waals surface area contributed by atoms with Crippen LogP contribution in [0.4, 0.5) is 4.39 Å². The number of rotatable bonds is 0. The van der Waals surface area contributed by atoms with Crippen molar-refractivity contribution in [2.75, 3.05) is 20.1 Å². The lowest BCUT2D eigenvalue weighted by molar-refractivity contribution is 0.125. The Morgan fingerprint density at radius 2 is 2.11 bits per heavy atom. The number of hydrogen-bond acceptors (Lipinski definition) is 1. The minimum absolute atomic E-state index is 0.541. The SMILES string of the molecule is C[C@@H]1CC(F)CN(C)C1. The summed E-state index contributed by atoms with van der Waals surface area (Å²) in [7, 11) is 1.97. The minimum Gasteiger partial charge on any atom is -0.303 e. The van der Waals surface area contributed by atoms with Crippen molar-refractivity contribution in [2.24, 2.45) is 5.92 Å². The normalized spacial score (nSPS) is 39.0. The van der Waals surface area contributed by atoms with E-state index in [1.54, 1.807) is 0 Å². The molecule has 1 unspecified atom stereocenters. The van der Waals surface area contributed by atoms with Gasteiger partial charge >= 0.3 is 0 Å². The molecule has 9 heavy (non-hydrogen) atoms. The van der Waals surface area contributed by atoms with Gasteiger partial charge in [0.25, 0.3) is 0 Å². The first-order valence-corrected chi connectivity index (χ1v) is 3.51. The van der Waals surface area contributed by atoms with E-state index in [2.05, 4.69) is 11.8 Å². The average molecular weight is 131 g/mol. The fourth-order valence-corrected chi connectivity index (χ4v) is 1.53. The van der Waals surface area contributed by atoms with Gasteiger partial charge in [-0.25, -0.2) is 4.39 Å². The maximum atomic E-state index is 12.6. The van der Waals surface area contributed by atoms with Crippen molar-refractivity contribution in [2.45, 2.75) is 19.5 Å². The molecule has 54 valence electrons.